The van der Waals surface area contributed by atoms with Crippen molar-refractivity contribution in [3.05, 3.63) is 70.5 Å². The third-order valence-corrected chi connectivity index (χ3v) is 7.54. The van der Waals surface area contributed by atoms with Crippen molar-refractivity contribution in [2.45, 2.75) is 44.6 Å². The quantitative estimate of drug-likeness (QED) is 0.247. The van der Waals surface area contributed by atoms with Crippen LogP contribution in [0.4, 0.5) is 11.6 Å². The Hall–Kier alpha value is -3.56. The molecule has 4 rings (SSSR count). The van der Waals surface area contributed by atoms with Crippen LogP contribution in [0.2, 0.25) is 5.15 Å². The number of nitrogens with two attached hydrogens (primary N) is 2. The summed E-state index contributed by atoms with van der Waals surface area (Å²) in [6, 6.07) is 14.8. The fourth-order valence-corrected chi connectivity index (χ4v) is 5.61. The Morgan fingerprint density at radius 2 is 1.58 bits per heavy atom. The summed E-state index contributed by atoms with van der Waals surface area (Å²) in [6.07, 6.45) is 5.50. The summed E-state index contributed by atoms with van der Waals surface area (Å²) >= 11 is 5.98. The van der Waals surface area contributed by atoms with Gasteiger partial charge in [0.25, 0.3) is 5.91 Å². The Morgan fingerprint density at radius 3 is 2.16 bits per heavy atom. The molecule has 1 unspecified atom stereocenters. The normalized spacial score (nSPS) is 16.7. The van der Waals surface area contributed by atoms with E-state index >= 15 is 0 Å². The molecule has 0 bridgehead atoms. The Morgan fingerprint density at radius 1 is 0.974 bits per heavy atom. The number of aromatic nitrogens is 2. The molecule has 1 saturated heterocycles. The predicted octanol–water partition coefficient (Wildman–Crippen LogP) is 3.68. The molecule has 2 aromatic carbocycles. The summed E-state index contributed by atoms with van der Waals surface area (Å²) in [5, 5.41) is 22.7. The van der Waals surface area contributed by atoms with Crippen molar-refractivity contribution >= 4 is 29.1 Å². The number of benzene rings is 2. The molecule has 9 nitrogen and oxygen atoms in total. The molecule has 1 aromatic heterocycles. The molecule has 3 aromatic rings. The lowest BCUT2D eigenvalue weighted by atomic mass is 9.99. The van der Waals surface area contributed by atoms with Gasteiger partial charge in [0.15, 0.2) is 22.5 Å². The molecule has 1 amide bonds. The van der Waals surface area contributed by atoms with Gasteiger partial charge in [0, 0.05) is 12.8 Å². The van der Waals surface area contributed by atoms with Gasteiger partial charge >= 0.3 is 0 Å². The Bertz CT molecular complexity index is 1220. The lowest BCUT2D eigenvalue weighted by molar-refractivity contribution is -0.933. The first-order chi connectivity index (χ1) is 18.2. The number of anilines is 2. The summed E-state index contributed by atoms with van der Waals surface area (Å²) in [5.74, 6) is 0.110. The van der Waals surface area contributed by atoms with Crippen molar-refractivity contribution in [3.8, 4) is 11.5 Å². The van der Waals surface area contributed by atoms with Crippen molar-refractivity contribution in [1.82, 2.24) is 15.3 Å². The van der Waals surface area contributed by atoms with Crippen LogP contribution in [0.3, 0.4) is 0 Å². The van der Waals surface area contributed by atoms with Gasteiger partial charge in [-0.1, -0.05) is 35.9 Å². The van der Waals surface area contributed by atoms with Crippen LogP contribution in [0, 0.1) is 0 Å². The third-order valence-electron chi connectivity index (χ3n) is 7.26. The topological polar surface area (TPSA) is 147 Å². The molecule has 1 fully saturated rings. The zero-order valence-corrected chi connectivity index (χ0v) is 22.2. The number of aromatic hydroxyl groups is 2. The number of aryl methyl sites for hydroxylation is 2. The molecular formula is C28H36ClN6O3+. The smallest absolute Gasteiger partial charge is 0.274 e. The SMILES string of the molecule is Nc1nc(N)c(C(=O)NC2CCC[N+](CCCc3cccc(O)c3)(CCCc3cccc(O)c3)C2)nc1Cl. The van der Waals surface area contributed by atoms with Gasteiger partial charge in [0.2, 0.25) is 0 Å². The van der Waals surface area contributed by atoms with E-state index in [-0.39, 0.29) is 40.0 Å². The second kappa shape index (κ2) is 12.3. The predicted molar refractivity (Wildman–Crippen MR) is 149 cm³/mol. The van der Waals surface area contributed by atoms with Gasteiger partial charge in [-0.25, -0.2) is 9.97 Å². The average molecular weight is 540 g/mol. The van der Waals surface area contributed by atoms with Gasteiger partial charge in [-0.15, -0.1) is 0 Å². The van der Waals surface area contributed by atoms with Crippen molar-refractivity contribution < 1.29 is 19.5 Å². The molecule has 1 aliphatic heterocycles. The molecular weight excluding hydrogens is 504 g/mol. The first-order valence-electron chi connectivity index (χ1n) is 13.0. The standard InChI is InChI=1S/C28H35ClN6O3/c29-25-27(31)34-26(30)24(33-25)28(38)32-21-10-5-15-35(18-21,13-3-8-19-6-1-11-22(36)16-19)14-4-9-20-7-2-12-23(37)17-20/h1-2,6-7,11-12,16-17,21H,3-5,8-10,13-15,18H2,(H6-,30,31,32,34,36,37,38)/p+1. The number of rotatable bonds is 10. The molecule has 202 valence electrons. The number of nitrogens with one attached hydrogen (secondary N) is 1. The Kier molecular flexibility index (Phi) is 8.91. The molecule has 0 saturated carbocycles. The van der Waals surface area contributed by atoms with Crippen LogP contribution >= 0.6 is 11.6 Å². The van der Waals surface area contributed by atoms with Crippen LogP contribution in [-0.2, 0) is 12.8 Å². The number of phenolic OH excluding ortho intramolecular Hbond substituents is 2. The van der Waals surface area contributed by atoms with Gasteiger partial charge in [0.05, 0.1) is 32.2 Å². The first kappa shape index (κ1) is 27.5. The molecule has 2 heterocycles. The fourth-order valence-electron chi connectivity index (χ4n) is 5.48. The Balaban J connectivity index is 1.44. The van der Waals surface area contributed by atoms with E-state index < -0.39 is 5.91 Å². The average Bonchev–Trinajstić information content (AvgIpc) is 2.86. The number of hydrogen-bond donors (Lipinski definition) is 5. The molecule has 0 aliphatic carbocycles. The highest BCUT2D eigenvalue weighted by Crippen LogP contribution is 2.24. The van der Waals surface area contributed by atoms with E-state index in [1.54, 1.807) is 12.1 Å². The van der Waals surface area contributed by atoms with Gasteiger partial charge in [-0.05, 0) is 61.1 Å². The molecule has 1 atom stereocenters. The minimum atomic E-state index is -0.401. The molecule has 0 radical (unpaired) electrons. The number of halogens is 1. The number of nitrogen functional groups attached to an aromatic ring is 2. The number of carbonyl (C=O) groups is 1. The fraction of sp³-hybridized carbons (Fsp3) is 0.393. The monoisotopic (exact) mass is 539 g/mol. The van der Waals surface area contributed by atoms with Crippen LogP contribution in [0.25, 0.3) is 0 Å². The highest BCUT2D eigenvalue weighted by atomic mass is 35.5. The minimum Gasteiger partial charge on any atom is -0.508 e. The number of quaternary nitrogens is 1. The van der Waals surface area contributed by atoms with Gasteiger partial charge in [-0.2, -0.15) is 0 Å². The van der Waals surface area contributed by atoms with Crippen LogP contribution in [-0.4, -0.2) is 62.8 Å². The van der Waals surface area contributed by atoms with Crippen molar-refractivity contribution in [2.24, 2.45) is 0 Å². The summed E-state index contributed by atoms with van der Waals surface area (Å²) in [7, 11) is 0. The maximum atomic E-state index is 13.0. The number of phenols is 2. The van der Waals surface area contributed by atoms with Crippen LogP contribution in [0.1, 0.15) is 47.3 Å². The van der Waals surface area contributed by atoms with E-state index in [0.29, 0.717) is 0 Å². The van der Waals surface area contributed by atoms with Gasteiger partial charge in [0.1, 0.15) is 11.5 Å². The number of amides is 1. The number of hydrogen-bond acceptors (Lipinski definition) is 7. The largest absolute Gasteiger partial charge is 0.508 e. The minimum absolute atomic E-state index is 0.00691. The van der Waals surface area contributed by atoms with E-state index in [2.05, 4.69) is 15.3 Å². The van der Waals surface area contributed by atoms with Crippen LogP contribution < -0.4 is 16.8 Å². The number of likely N-dealkylation sites (tertiary alicyclic amines) is 1. The zero-order valence-electron chi connectivity index (χ0n) is 21.4. The molecule has 10 heteroatoms. The summed E-state index contributed by atoms with van der Waals surface area (Å²) in [5.41, 5.74) is 13.8. The van der Waals surface area contributed by atoms with Crippen molar-refractivity contribution in [1.29, 1.82) is 0 Å². The van der Waals surface area contributed by atoms with E-state index in [0.717, 1.165) is 80.3 Å². The van der Waals surface area contributed by atoms with E-state index in [9.17, 15) is 15.0 Å². The summed E-state index contributed by atoms with van der Waals surface area (Å²) in [4.78, 5) is 21.0. The first-order valence-corrected chi connectivity index (χ1v) is 13.4. The maximum absolute atomic E-state index is 13.0. The number of carbonyl (C=O) groups excluding carboxylic acids is 1. The number of nitrogens with zero attached hydrogens (tertiary/aromatic N) is 3. The Labute approximate surface area is 228 Å². The molecule has 38 heavy (non-hydrogen) atoms. The third kappa shape index (κ3) is 7.26. The van der Waals surface area contributed by atoms with Gasteiger partial charge < -0.3 is 31.5 Å². The number of piperidine rings is 1. The highest BCUT2D eigenvalue weighted by molar-refractivity contribution is 6.31. The lowest BCUT2D eigenvalue weighted by Gasteiger charge is -2.45. The highest BCUT2D eigenvalue weighted by Gasteiger charge is 2.35. The second-order valence-corrected chi connectivity index (χ2v) is 10.5. The second-order valence-electron chi connectivity index (χ2n) is 10.2. The molecule has 7 N–H and O–H groups in total. The van der Waals surface area contributed by atoms with Crippen molar-refractivity contribution in [3.63, 3.8) is 0 Å². The van der Waals surface area contributed by atoms with E-state index in [4.69, 9.17) is 23.1 Å². The van der Waals surface area contributed by atoms with Crippen LogP contribution in [0.15, 0.2) is 48.5 Å². The van der Waals surface area contributed by atoms with Crippen molar-refractivity contribution in [2.75, 3.05) is 37.6 Å². The lowest BCUT2D eigenvalue weighted by Crippen LogP contribution is -2.60. The zero-order chi connectivity index (χ0) is 27.1. The maximum Gasteiger partial charge on any atom is 0.274 e. The van der Waals surface area contributed by atoms with E-state index in [1.807, 2.05) is 36.4 Å². The summed E-state index contributed by atoms with van der Waals surface area (Å²) < 4.78 is 0.881. The van der Waals surface area contributed by atoms with Crippen LogP contribution in [0.5, 0.6) is 11.5 Å². The van der Waals surface area contributed by atoms with E-state index in [1.165, 1.54) is 0 Å². The molecule has 0 spiro atoms. The van der Waals surface area contributed by atoms with Gasteiger partial charge in [-0.3, -0.25) is 4.79 Å². The molecule has 1 aliphatic rings. The summed E-state index contributed by atoms with van der Waals surface area (Å²) in [6.45, 7) is 3.74.